The zero-order valence-corrected chi connectivity index (χ0v) is 40.9. The van der Waals surface area contributed by atoms with Crippen molar-refractivity contribution in [3.63, 3.8) is 0 Å². The Bertz CT molecular complexity index is 2680. The van der Waals surface area contributed by atoms with Crippen LogP contribution in [0.1, 0.15) is 43.7 Å². The second-order valence-electron chi connectivity index (χ2n) is 18.9. The number of carbonyl (C=O) groups excluding carboxylic acids is 6. The predicted octanol–water partition coefficient (Wildman–Crippen LogP) is -7.05. The molecule has 2 aromatic carbocycles. The maximum atomic E-state index is 14.9. The molecule has 3 aromatic rings. The third kappa shape index (κ3) is 12.6. The van der Waals surface area contributed by atoms with Gasteiger partial charge in [-0.2, -0.15) is 0 Å². The third-order valence-electron chi connectivity index (χ3n) is 13.3. The van der Waals surface area contributed by atoms with Crippen molar-refractivity contribution in [2.45, 2.75) is 118 Å². The summed E-state index contributed by atoms with van der Waals surface area (Å²) in [5.41, 5.74) is 14.8. The lowest BCUT2D eigenvalue weighted by molar-refractivity contribution is -0.260. The largest absolute Gasteiger partial charge is 0.437 e. The van der Waals surface area contributed by atoms with Gasteiger partial charge in [0.15, 0.2) is 23.7 Å². The molecule has 6 amide bonds. The van der Waals surface area contributed by atoms with Gasteiger partial charge in [0.2, 0.25) is 41.3 Å². The molecule has 4 aliphatic rings. The molecule has 0 radical (unpaired) electrons. The lowest BCUT2D eigenvalue weighted by atomic mass is 9.92. The summed E-state index contributed by atoms with van der Waals surface area (Å²) in [6.45, 7) is 1.83. The summed E-state index contributed by atoms with van der Waals surface area (Å²) in [6.07, 6.45) is -11.7. The van der Waals surface area contributed by atoms with Crippen LogP contribution < -0.4 is 48.7 Å². The van der Waals surface area contributed by atoms with Crippen LogP contribution in [-0.4, -0.2) is 211 Å². The number of aliphatic hydroxyl groups is 7. The monoisotopic (exact) mass is 1050 g/mol. The molecule has 2 fully saturated rings. The molecule has 4 aliphatic heterocycles. The predicted molar refractivity (Wildman–Crippen MR) is 263 cm³/mol. The number of fused-ring (bicyclic) bond motifs is 1. The summed E-state index contributed by atoms with van der Waals surface area (Å²) in [5.74, 6) is -7.83. The molecule has 2 saturated heterocycles. The van der Waals surface area contributed by atoms with E-state index < -0.39 is 159 Å². The number of hydrogen-bond acceptors (Lipinski definition) is 22. The molecule has 0 spiro atoms. The molecule has 5 heterocycles. The second kappa shape index (κ2) is 23.9. The Morgan fingerprint density at radius 2 is 1.43 bits per heavy atom. The maximum Gasteiger partial charge on any atom is 0.246 e. The van der Waals surface area contributed by atoms with E-state index in [1.807, 2.05) is 13.8 Å². The number of nitrogens with two attached hydrogens (primary N) is 2. The number of amides is 6. The molecule has 5 unspecified atom stereocenters. The highest BCUT2D eigenvalue weighted by molar-refractivity contribution is 5.98. The Balaban J connectivity index is 1.29. The van der Waals surface area contributed by atoms with Crippen molar-refractivity contribution in [2.24, 2.45) is 21.5 Å². The summed E-state index contributed by atoms with van der Waals surface area (Å²) >= 11 is 0. The van der Waals surface area contributed by atoms with Gasteiger partial charge in [0.25, 0.3) is 0 Å². The number of allylic oxidation sites excluding steroid dienone is 1. The van der Waals surface area contributed by atoms with Crippen LogP contribution in [-0.2, 0) is 39.9 Å². The number of oxazole rings is 1. The lowest BCUT2D eigenvalue weighted by Gasteiger charge is -2.46. The van der Waals surface area contributed by atoms with E-state index in [9.17, 15) is 64.5 Å². The number of nitrogens with zero attached hydrogens (tertiary/aromatic N) is 4. The fourth-order valence-corrected chi connectivity index (χ4v) is 9.14. The number of benzene rings is 2. The van der Waals surface area contributed by atoms with Gasteiger partial charge in [0, 0.05) is 12.3 Å². The first-order valence-corrected chi connectivity index (χ1v) is 24.0. The topological polar surface area (TPSA) is 443 Å². The Labute approximate surface area is 428 Å². The number of aromatic nitrogens is 1. The standard InChI is InChI=1S/C47H63N13O15/c1-19(2)11-31-53-23-12-21(9-10-28(23)74-31)13-24-41(70)58-33(35(64)25-14-51-46(48)56-25)44(73)59-34(36(65)27-15-52-47(49)60(27)45-39(68)38(67)37(66)29(18-62)75-45)43(72)55-26(17-61)40(69)50-16-30(63)57-32(42(71)54-24)20(3)22-7-5-4-6-8-22/h4-12,20,24-27,29,32-39,45,61-62,64-68H,13-18H2,1-3H3,(H2,49,52)(H,50,69)(H,54,71)(H,55,72)(H,57,63)(H,58,70)(H,59,73)(H3,48,51,56)/t20?,24-,25?,26+,27?,29-,32+,33+,34-,35?,36?,37-,38+,39+,45+/m1/s1. The minimum Gasteiger partial charge on any atom is -0.437 e. The van der Waals surface area contributed by atoms with Crippen LogP contribution in [0.2, 0.25) is 0 Å². The number of nitrogens with one attached hydrogen (secondary N) is 7. The van der Waals surface area contributed by atoms with E-state index in [1.165, 1.54) is 0 Å². The normalized spacial score (nSPS) is 30.7. The van der Waals surface area contributed by atoms with Crippen LogP contribution in [0.25, 0.3) is 17.2 Å². The number of rotatable bonds is 12. The first-order valence-electron chi connectivity index (χ1n) is 24.0. The number of aliphatic hydroxyl groups excluding tert-OH is 7. The average Bonchev–Trinajstić information content (AvgIpc) is 4.12. The van der Waals surface area contributed by atoms with Crippen molar-refractivity contribution in [1.82, 2.24) is 47.1 Å². The van der Waals surface area contributed by atoms with Crippen LogP contribution in [0.5, 0.6) is 0 Å². The van der Waals surface area contributed by atoms with E-state index >= 15 is 0 Å². The summed E-state index contributed by atoms with van der Waals surface area (Å²) < 4.78 is 11.5. The highest BCUT2D eigenvalue weighted by Crippen LogP contribution is 2.29. The number of guanidine groups is 2. The number of carbonyl (C=O) groups is 6. The van der Waals surface area contributed by atoms with E-state index in [2.05, 4.69) is 52.2 Å². The van der Waals surface area contributed by atoms with Crippen molar-refractivity contribution < 1.29 is 73.7 Å². The molecule has 75 heavy (non-hydrogen) atoms. The fraction of sp³-hybridized carbons (Fsp3) is 0.511. The number of ether oxygens (including phenoxy) is 1. The van der Waals surface area contributed by atoms with Crippen LogP contribution in [0.15, 0.2) is 68.5 Å². The summed E-state index contributed by atoms with van der Waals surface area (Å²) in [6, 6.07) is 1.33. The van der Waals surface area contributed by atoms with E-state index in [4.69, 9.17) is 20.6 Å². The van der Waals surface area contributed by atoms with Crippen LogP contribution in [0.3, 0.4) is 0 Å². The van der Waals surface area contributed by atoms with Crippen molar-refractivity contribution in [1.29, 1.82) is 0 Å². The maximum absolute atomic E-state index is 14.9. The van der Waals surface area contributed by atoms with Crippen molar-refractivity contribution >= 4 is 64.5 Å². The Morgan fingerprint density at radius 1 is 0.760 bits per heavy atom. The summed E-state index contributed by atoms with van der Waals surface area (Å²) in [7, 11) is 0. The molecule has 28 nitrogen and oxygen atoms in total. The van der Waals surface area contributed by atoms with E-state index in [1.54, 1.807) is 61.5 Å². The Kier molecular flexibility index (Phi) is 17.7. The summed E-state index contributed by atoms with van der Waals surface area (Å²) in [4.78, 5) is 99.9. The molecular weight excluding hydrogens is 987 g/mol. The molecule has 28 heteroatoms. The number of aliphatic imine (C=N–C) groups is 2. The van der Waals surface area contributed by atoms with Crippen LogP contribution >= 0.6 is 0 Å². The van der Waals surface area contributed by atoms with Crippen LogP contribution in [0, 0.1) is 0 Å². The Morgan fingerprint density at radius 3 is 2.09 bits per heavy atom. The number of hydrogen-bond donors (Lipinski definition) is 16. The quantitative estimate of drug-likeness (QED) is 0.0801. The minimum atomic E-state index is -2.26. The van der Waals surface area contributed by atoms with Crippen molar-refractivity contribution in [3.05, 3.63) is 71.1 Å². The van der Waals surface area contributed by atoms with Crippen LogP contribution in [0.4, 0.5) is 0 Å². The molecule has 15 atom stereocenters. The molecule has 7 rings (SSSR count). The van der Waals surface area contributed by atoms with E-state index in [-0.39, 0.29) is 18.9 Å². The van der Waals surface area contributed by atoms with Crippen molar-refractivity contribution in [2.75, 3.05) is 32.8 Å². The molecular formula is C47H63N13O15. The minimum absolute atomic E-state index is 0.138. The van der Waals surface area contributed by atoms with Gasteiger partial charge >= 0.3 is 0 Å². The zero-order valence-electron chi connectivity index (χ0n) is 40.9. The van der Waals surface area contributed by atoms with Crippen molar-refractivity contribution in [3.8, 4) is 0 Å². The molecule has 1 aromatic heterocycles. The van der Waals surface area contributed by atoms with Gasteiger partial charge in [-0.3, -0.25) is 38.8 Å². The SMILES string of the molecule is CC(C)=Cc1nc2cc(C[C@H]3NC(=O)[C@H](C(C)c4ccccc4)NC(=O)CNC(=O)[C@H](CO)NC(=O)[C@@H](C(O)C4CN=C(N)N4[C@H]4O[C@H](CO)[C@@H](O)[C@H](O)[C@@H]4O)NC(=O)[C@H](C(O)C4CN=C(N)N4)NC3=O)ccc2o1. The summed E-state index contributed by atoms with van der Waals surface area (Å²) in [5, 5.41) is 94.1. The Hall–Kier alpha value is -7.31. The van der Waals surface area contributed by atoms with E-state index in [0.717, 1.165) is 10.5 Å². The zero-order chi connectivity index (χ0) is 54.4. The molecule has 406 valence electrons. The smallest absolute Gasteiger partial charge is 0.246 e. The average molecular weight is 1050 g/mol. The van der Waals surface area contributed by atoms with Gasteiger partial charge in [-0.15, -0.1) is 0 Å². The molecule has 0 saturated carbocycles. The highest BCUT2D eigenvalue weighted by atomic mass is 16.6. The molecule has 0 bridgehead atoms. The van der Waals surface area contributed by atoms with E-state index in [0.29, 0.717) is 28.1 Å². The van der Waals surface area contributed by atoms with Gasteiger partial charge in [0.1, 0.15) is 72.3 Å². The molecule has 18 N–H and O–H groups in total. The highest BCUT2D eigenvalue weighted by Gasteiger charge is 2.52. The van der Waals surface area contributed by atoms with Gasteiger partial charge < -0.3 is 98.5 Å². The molecule has 0 aliphatic carbocycles. The van der Waals surface area contributed by atoms with Gasteiger partial charge in [0.05, 0.1) is 44.9 Å². The third-order valence-corrected chi connectivity index (χ3v) is 13.3. The lowest BCUT2D eigenvalue weighted by Crippen LogP contribution is -2.70. The van der Waals surface area contributed by atoms with Gasteiger partial charge in [-0.25, -0.2) is 4.98 Å². The first-order chi connectivity index (χ1) is 35.7. The van der Waals surface area contributed by atoms with Gasteiger partial charge in [-0.1, -0.05) is 48.9 Å². The van der Waals surface area contributed by atoms with Gasteiger partial charge in [-0.05, 0) is 43.2 Å². The first kappa shape index (κ1) is 55.4. The second-order valence-corrected chi connectivity index (χ2v) is 18.9. The fourth-order valence-electron chi connectivity index (χ4n) is 9.14.